The number of hydrogen-bond donors (Lipinski definition) is 1. The second kappa shape index (κ2) is 9.62. The Morgan fingerprint density at radius 1 is 0.960 bits per heavy atom. The monoisotopic (exact) mass is 338 g/mol. The molecule has 0 fully saturated rings. The Labute approximate surface area is 149 Å². The summed E-state index contributed by atoms with van der Waals surface area (Å²) >= 11 is 0. The van der Waals surface area contributed by atoms with Crippen LogP contribution < -0.4 is 10.2 Å². The van der Waals surface area contributed by atoms with Gasteiger partial charge in [-0.1, -0.05) is 49.4 Å². The Kier molecular flexibility index (Phi) is 7.20. The molecule has 0 spiro atoms. The van der Waals surface area contributed by atoms with Gasteiger partial charge in [-0.3, -0.25) is 9.59 Å². The van der Waals surface area contributed by atoms with Crippen LogP contribution >= 0.6 is 0 Å². The molecule has 0 heterocycles. The first kappa shape index (κ1) is 18.7. The van der Waals surface area contributed by atoms with E-state index >= 15 is 0 Å². The number of amides is 2. The summed E-state index contributed by atoms with van der Waals surface area (Å²) in [7, 11) is 0. The normalized spacial score (nSPS) is 10.3. The van der Waals surface area contributed by atoms with Crippen LogP contribution in [0.25, 0.3) is 0 Å². The van der Waals surface area contributed by atoms with Crippen molar-refractivity contribution in [3.63, 3.8) is 0 Å². The summed E-state index contributed by atoms with van der Waals surface area (Å²) in [5.41, 5.74) is 3.26. The molecular weight excluding hydrogens is 312 g/mol. The van der Waals surface area contributed by atoms with E-state index in [0.29, 0.717) is 19.5 Å². The Balaban J connectivity index is 1.81. The minimum atomic E-state index is -0.0543. The SMILES string of the molecule is CCc1ccc(N(CCC(=O)NCCc2ccccc2)C(C)=O)cc1. The smallest absolute Gasteiger partial charge is 0.223 e. The van der Waals surface area contributed by atoms with Crippen LogP contribution in [0.15, 0.2) is 54.6 Å². The first-order chi connectivity index (χ1) is 12.1. The third kappa shape index (κ3) is 6.07. The van der Waals surface area contributed by atoms with Crippen LogP contribution in [-0.4, -0.2) is 24.9 Å². The molecule has 1 N–H and O–H groups in total. The van der Waals surface area contributed by atoms with Crippen molar-refractivity contribution in [2.75, 3.05) is 18.0 Å². The maximum absolute atomic E-state index is 12.0. The topological polar surface area (TPSA) is 49.4 Å². The Morgan fingerprint density at radius 2 is 1.64 bits per heavy atom. The van der Waals surface area contributed by atoms with E-state index in [2.05, 4.69) is 12.2 Å². The number of nitrogens with one attached hydrogen (secondary N) is 1. The van der Waals surface area contributed by atoms with Crippen LogP contribution in [0.5, 0.6) is 0 Å². The standard InChI is InChI=1S/C21H26N2O2/c1-3-18-9-11-20(12-10-18)23(17(2)24)16-14-21(25)22-15-13-19-7-5-4-6-8-19/h4-12H,3,13-16H2,1-2H3,(H,22,25). The average molecular weight is 338 g/mol. The maximum Gasteiger partial charge on any atom is 0.223 e. The molecule has 2 rings (SSSR count). The maximum atomic E-state index is 12.0. The molecule has 25 heavy (non-hydrogen) atoms. The van der Waals surface area contributed by atoms with Gasteiger partial charge in [-0.25, -0.2) is 0 Å². The quantitative estimate of drug-likeness (QED) is 0.802. The van der Waals surface area contributed by atoms with Gasteiger partial charge < -0.3 is 10.2 Å². The fourth-order valence-electron chi connectivity index (χ4n) is 2.67. The first-order valence-corrected chi connectivity index (χ1v) is 8.78. The van der Waals surface area contributed by atoms with Gasteiger partial charge in [0.2, 0.25) is 11.8 Å². The van der Waals surface area contributed by atoms with E-state index in [0.717, 1.165) is 18.5 Å². The van der Waals surface area contributed by atoms with E-state index < -0.39 is 0 Å². The molecule has 2 aromatic rings. The Bertz CT molecular complexity index is 681. The van der Waals surface area contributed by atoms with Crippen molar-refractivity contribution < 1.29 is 9.59 Å². The lowest BCUT2D eigenvalue weighted by atomic mass is 10.1. The number of rotatable bonds is 8. The Morgan fingerprint density at radius 3 is 2.24 bits per heavy atom. The van der Waals surface area contributed by atoms with Crippen molar-refractivity contribution in [2.45, 2.75) is 33.1 Å². The van der Waals surface area contributed by atoms with Gasteiger partial charge in [0.05, 0.1) is 0 Å². The second-order valence-corrected chi connectivity index (χ2v) is 6.03. The number of carbonyl (C=O) groups excluding carboxylic acids is 2. The van der Waals surface area contributed by atoms with Crippen LogP contribution in [0.2, 0.25) is 0 Å². The molecule has 4 heteroatoms. The molecule has 0 radical (unpaired) electrons. The van der Waals surface area contributed by atoms with Gasteiger partial charge in [0.15, 0.2) is 0 Å². The van der Waals surface area contributed by atoms with Gasteiger partial charge in [-0.2, -0.15) is 0 Å². The van der Waals surface area contributed by atoms with Crippen molar-refractivity contribution in [1.29, 1.82) is 0 Å². The molecule has 2 aromatic carbocycles. The van der Waals surface area contributed by atoms with Gasteiger partial charge in [-0.05, 0) is 36.1 Å². The summed E-state index contributed by atoms with van der Waals surface area (Å²) in [5.74, 6) is -0.0892. The number of nitrogens with zero attached hydrogens (tertiary/aromatic N) is 1. The van der Waals surface area contributed by atoms with Crippen molar-refractivity contribution >= 4 is 17.5 Å². The fourth-order valence-corrected chi connectivity index (χ4v) is 2.67. The molecule has 2 amide bonds. The van der Waals surface area contributed by atoms with Gasteiger partial charge in [0.25, 0.3) is 0 Å². The van der Waals surface area contributed by atoms with Crippen molar-refractivity contribution in [2.24, 2.45) is 0 Å². The van der Waals surface area contributed by atoms with Crippen molar-refractivity contribution in [3.05, 3.63) is 65.7 Å². The van der Waals surface area contributed by atoms with Crippen LogP contribution in [-0.2, 0) is 22.4 Å². The van der Waals surface area contributed by atoms with E-state index in [1.54, 1.807) is 4.90 Å². The third-order valence-electron chi connectivity index (χ3n) is 4.18. The molecule has 0 bridgehead atoms. The predicted molar refractivity (Wildman–Crippen MR) is 102 cm³/mol. The largest absolute Gasteiger partial charge is 0.356 e. The number of anilines is 1. The van der Waals surface area contributed by atoms with Gasteiger partial charge in [0.1, 0.15) is 0 Å². The van der Waals surface area contributed by atoms with Crippen molar-refractivity contribution in [1.82, 2.24) is 5.32 Å². The fraction of sp³-hybridized carbons (Fsp3) is 0.333. The molecule has 4 nitrogen and oxygen atoms in total. The zero-order valence-corrected chi connectivity index (χ0v) is 15.0. The number of carbonyl (C=O) groups is 2. The third-order valence-corrected chi connectivity index (χ3v) is 4.18. The van der Waals surface area contributed by atoms with E-state index in [4.69, 9.17) is 0 Å². The number of aryl methyl sites for hydroxylation is 1. The summed E-state index contributed by atoms with van der Waals surface area (Å²) in [6.07, 6.45) is 2.07. The number of benzene rings is 2. The van der Waals surface area contributed by atoms with E-state index in [9.17, 15) is 9.59 Å². The van der Waals surface area contributed by atoms with Crippen LogP contribution in [0.1, 0.15) is 31.4 Å². The lowest BCUT2D eigenvalue weighted by molar-refractivity contribution is -0.121. The molecule has 0 saturated carbocycles. The van der Waals surface area contributed by atoms with Crippen LogP contribution in [0, 0.1) is 0 Å². The summed E-state index contributed by atoms with van der Waals surface area (Å²) < 4.78 is 0. The number of hydrogen-bond acceptors (Lipinski definition) is 2. The Hall–Kier alpha value is -2.62. The molecule has 132 valence electrons. The molecule has 0 saturated heterocycles. The highest BCUT2D eigenvalue weighted by molar-refractivity contribution is 5.92. The summed E-state index contributed by atoms with van der Waals surface area (Å²) in [4.78, 5) is 25.6. The van der Waals surface area contributed by atoms with Gasteiger partial charge in [0, 0.05) is 32.1 Å². The molecule has 0 atom stereocenters. The van der Waals surface area contributed by atoms with E-state index in [1.807, 2.05) is 54.6 Å². The van der Waals surface area contributed by atoms with E-state index in [1.165, 1.54) is 18.1 Å². The highest BCUT2D eigenvalue weighted by atomic mass is 16.2. The molecule has 0 aliphatic carbocycles. The highest BCUT2D eigenvalue weighted by Crippen LogP contribution is 2.16. The first-order valence-electron chi connectivity index (χ1n) is 8.78. The minimum Gasteiger partial charge on any atom is -0.356 e. The zero-order chi connectivity index (χ0) is 18.1. The average Bonchev–Trinajstić information content (AvgIpc) is 2.63. The van der Waals surface area contributed by atoms with E-state index in [-0.39, 0.29) is 11.8 Å². The van der Waals surface area contributed by atoms with Crippen LogP contribution in [0.4, 0.5) is 5.69 Å². The van der Waals surface area contributed by atoms with Gasteiger partial charge >= 0.3 is 0 Å². The lowest BCUT2D eigenvalue weighted by Gasteiger charge is -2.21. The molecule has 0 aromatic heterocycles. The summed E-state index contributed by atoms with van der Waals surface area (Å²) in [6.45, 7) is 4.62. The molecule has 0 aliphatic heterocycles. The molecule has 0 unspecified atom stereocenters. The van der Waals surface area contributed by atoms with Gasteiger partial charge in [-0.15, -0.1) is 0 Å². The molecular formula is C21H26N2O2. The minimum absolute atomic E-state index is 0.0349. The second-order valence-electron chi connectivity index (χ2n) is 6.03. The van der Waals surface area contributed by atoms with Crippen molar-refractivity contribution in [3.8, 4) is 0 Å². The predicted octanol–water partition coefficient (Wildman–Crippen LogP) is 3.35. The summed E-state index contributed by atoms with van der Waals surface area (Å²) in [5, 5.41) is 2.92. The summed E-state index contributed by atoms with van der Waals surface area (Å²) in [6, 6.07) is 18.0. The highest BCUT2D eigenvalue weighted by Gasteiger charge is 2.13. The van der Waals surface area contributed by atoms with Crippen LogP contribution in [0.3, 0.4) is 0 Å². The lowest BCUT2D eigenvalue weighted by Crippen LogP contribution is -2.34. The zero-order valence-electron chi connectivity index (χ0n) is 15.0. The molecule has 0 aliphatic rings.